The second kappa shape index (κ2) is 8.80. The Hall–Kier alpha value is -1.31. The van der Waals surface area contributed by atoms with Gasteiger partial charge in [0.25, 0.3) is 0 Å². The van der Waals surface area contributed by atoms with E-state index in [2.05, 4.69) is 40.3 Å². The third-order valence-electron chi connectivity index (χ3n) is 7.61. The lowest BCUT2D eigenvalue weighted by Gasteiger charge is -2.59. The van der Waals surface area contributed by atoms with Crippen molar-refractivity contribution in [2.45, 2.75) is 92.4 Å². The van der Waals surface area contributed by atoms with Gasteiger partial charge in [-0.2, -0.15) is 0 Å². The molecule has 4 atom stereocenters. The van der Waals surface area contributed by atoms with Crippen molar-refractivity contribution in [2.24, 2.45) is 22.7 Å². The fourth-order valence-corrected chi connectivity index (χ4v) is 6.23. The van der Waals surface area contributed by atoms with Crippen LogP contribution in [-0.4, -0.2) is 11.1 Å². The fraction of sp³-hybridized carbons (Fsp3) is 0.720. The summed E-state index contributed by atoms with van der Waals surface area (Å²) in [4.78, 5) is 11.0. The van der Waals surface area contributed by atoms with Crippen LogP contribution >= 0.6 is 0 Å². The fourth-order valence-electron chi connectivity index (χ4n) is 6.23. The Bertz CT molecular complexity index is 622. The van der Waals surface area contributed by atoms with E-state index in [4.69, 9.17) is 5.11 Å². The van der Waals surface area contributed by atoms with E-state index in [1.54, 1.807) is 0 Å². The SMILES string of the molecule is C=C1CCCC2(C)C1CCC(C)(CCC=C(C)C)C2CCC(C)=CC(=O)O. The van der Waals surface area contributed by atoms with Crippen molar-refractivity contribution in [3.63, 3.8) is 0 Å². The van der Waals surface area contributed by atoms with Crippen molar-refractivity contribution in [1.82, 2.24) is 0 Å². The molecule has 2 nitrogen and oxygen atoms in total. The summed E-state index contributed by atoms with van der Waals surface area (Å²) >= 11 is 0. The summed E-state index contributed by atoms with van der Waals surface area (Å²) in [5.41, 5.74) is 4.52. The molecule has 0 aromatic rings. The van der Waals surface area contributed by atoms with Crippen LogP contribution in [0, 0.1) is 22.7 Å². The largest absolute Gasteiger partial charge is 0.478 e. The summed E-state index contributed by atoms with van der Waals surface area (Å²) in [7, 11) is 0. The number of carboxylic acid groups (broad SMARTS) is 1. The molecule has 2 aliphatic carbocycles. The highest BCUT2D eigenvalue weighted by Crippen LogP contribution is 2.63. The van der Waals surface area contributed by atoms with Crippen molar-refractivity contribution >= 4 is 5.97 Å². The maximum Gasteiger partial charge on any atom is 0.328 e. The number of rotatable bonds is 7. The van der Waals surface area contributed by atoms with Gasteiger partial charge in [-0.15, -0.1) is 0 Å². The first kappa shape index (κ1) is 22.0. The maximum atomic E-state index is 11.0. The third kappa shape index (κ3) is 5.15. The van der Waals surface area contributed by atoms with E-state index in [0.29, 0.717) is 22.7 Å². The van der Waals surface area contributed by atoms with E-state index in [1.807, 2.05) is 6.92 Å². The Morgan fingerprint density at radius 3 is 2.59 bits per heavy atom. The number of hydrogen-bond acceptors (Lipinski definition) is 1. The number of carbonyl (C=O) groups is 1. The Balaban J connectivity index is 2.27. The highest BCUT2D eigenvalue weighted by atomic mass is 16.4. The molecule has 0 aliphatic heterocycles. The molecule has 0 aromatic carbocycles. The normalized spacial score (nSPS) is 34.1. The molecule has 0 saturated heterocycles. The second-order valence-corrected chi connectivity index (χ2v) is 10.0. The van der Waals surface area contributed by atoms with Gasteiger partial charge in [-0.05, 0) is 101 Å². The zero-order chi connectivity index (χ0) is 20.2. The highest BCUT2D eigenvalue weighted by Gasteiger charge is 2.53. The molecule has 2 aliphatic rings. The van der Waals surface area contributed by atoms with Crippen LogP contribution in [0.25, 0.3) is 0 Å². The van der Waals surface area contributed by atoms with Gasteiger partial charge in [-0.1, -0.05) is 43.2 Å². The molecule has 2 heteroatoms. The average Bonchev–Trinajstić information content (AvgIpc) is 2.52. The van der Waals surface area contributed by atoms with Gasteiger partial charge >= 0.3 is 5.97 Å². The van der Waals surface area contributed by atoms with Crippen LogP contribution in [0.15, 0.2) is 35.5 Å². The van der Waals surface area contributed by atoms with Gasteiger partial charge in [0.15, 0.2) is 0 Å². The van der Waals surface area contributed by atoms with Gasteiger partial charge in [0.2, 0.25) is 0 Å². The zero-order valence-corrected chi connectivity index (χ0v) is 18.2. The van der Waals surface area contributed by atoms with E-state index >= 15 is 0 Å². The minimum atomic E-state index is -0.822. The summed E-state index contributed by atoms with van der Waals surface area (Å²) in [6.07, 6.45) is 14.5. The summed E-state index contributed by atoms with van der Waals surface area (Å²) in [5.74, 6) is 0.456. The third-order valence-corrected chi connectivity index (χ3v) is 7.61. The summed E-state index contributed by atoms with van der Waals surface area (Å²) < 4.78 is 0. The molecule has 2 rings (SSSR count). The summed E-state index contributed by atoms with van der Waals surface area (Å²) in [6, 6.07) is 0. The molecular weight excluding hydrogens is 332 g/mol. The van der Waals surface area contributed by atoms with E-state index in [-0.39, 0.29) is 0 Å². The average molecular weight is 373 g/mol. The van der Waals surface area contributed by atoms with E-state index in [1.165, 1.54) is 55.7 Å². The second-order valence-electron chi connectivity index (χ2n) is 10.0. The minimum Gasteiger partial charge on any atom is -0.478 e. The molecule has 1 N–H and O–H groups in total. The number of allylic oxidation sites excluding steroid dienone is 4. The van der Waals surface area contributed by atoms with E-state index in [9.17, 15) is 4.79 Å². The lowest BCUT2D eigenvalue weighted by molar-refractivity contribution is -0.131. The zero-order valence-electron chi connectivity index (χ0n) is 18.2. The first-order valence-electron chi connectivity index (χ1n) is 10.8. The summed E-state index contributed by atoms with van der Waals surface area (Å²) in [5, 5.41) is 9.07. The van der Waals surface area contributed by atoms with Crippen molar-refractivity contribution in [2.75, 3.05) is 0 Å². The van der Waals surface area contributed by atoms with Crippen LogP contribution in [-0.2, 0) is 4.79 Å². The predicted octanol–water partition coefficient (Wildman–Crippen LogP) is 7.32. The van der Waals surface area contributed by atoms with Crippen LogP contribution in [0.5, 0.6) is 0 Å². The number of aliphatic carboxylic acids is 1. The molecule has 0 heterocycles. The molecule has 0 amide bonds. The van der Waals surface area contributed by atoms with Gasteiger partial charge < -0.3 is 5.11 Å². The van der Waals surface area contributed by atoms with Crippen LogP contribution in [0.2, 0.25) is 0 Å². The van der Waals surface area contributed by atoms with Crippen LogP contribution in [0.3, 0.4) is 0 Å². The molecule has 27 heavy (non-hydrogen) atoms. The molecule has 152 valence electrons. The van der Waals surface area contributed by atoms with Crippen molar-refractivity contribution in [3.8, 4) is 0 Å². The van der Waals surface area contributed by atoms with Crippen LogP contribution in [0.4, 0.5) is 0 Å². The molecule has 0 bridgehead atoms. The number of carboxylic acids is 1. The first-order chi connectivity index (χ1) is 12.6. The quantitative estimate of drug-likeness (QED) is 0.375. The van der Waals surface area contributed by atoms with Gasteiger partial charge in [-0.25, -0.2) is 4.79 Å². The number of fused-ring (bicyclic) bond motifs is 1. The number of hydrogen-bond donors (Lipinski definition) is 1. The van der Waals surface area contributed by atoms with Crippen molar-refractivity contribution in [3.05, 3.63) is 35.5 Å². The lowest BCUT2D eigenvalue weighted by Crippen LogP contribution is -2.50. The Morgan fingerprint density at radius 1 is 1.26 bits per heavy atom. The van der Waals surface area contributed by atoms with Gasteiger partial charge in [0.1, 0.15) is 0 Å². The predicted molar refractivity (Wildman–Crippen MR) is 115 cm³/mol. The summed E-state index contributed by atoms with van der Waals surface area (Å²) in [6.45, 7) is 15.8. The monoisotopic (exact) mass is 372 g/mol. The molecule has 0 aromatic heterocycles. The molecule has 0 radical (unpaired) electrons. The van der Waals surface area contributed by atoms with Gasteiger partial charge in [-0.3, -0.25) is 0 Å². The van der Waals surface area contributed by atoms with Crippen molar-refractivity contribution < 1.29 is 9.90 Å². The Labute approximate surface area is 166 Å². The first-order valence-corrected chi connectivity index (χ1v) is 10.8. The van der Waals surface area contributed by atoms with E-state index < -0.39 is 5.97 Å². The van der Waals surface area contributed by atoms with Crippen LogP contribution < -0.4 is 0 Å². The lowest BCUT2D eigenvalue weighted by atomic mass is 9.46. The Morgan fingerprint density at radius 2 is 1.96 bits per heavy atom. The minimum absolute atomic E-state index is 0.316. The van der Waals surface area contributed by atoms with Gasteiger partial charge in [0, 0.05) is 6.08 Å². The molecule has 0 spiro atoms. The molecule has 4 unspecified atom stereocenters. The topological polar surface area (TPSA) is 37.3 Å². The van der Waals surface area contributed by atoms with E-state index in [0.717, 1.165) is 24.8 Å². The molecule has 2 fully saturated rings. The van der Waals surface area contributed by atoms with Crippen molar-refractivity contribution in [1.29, 1.82) is 0 Å². The standard InChI is InChI=1S/C25H40O2/c1-18(2)9-7-14-24(5)16-13-21-20(4)10-8-15-25(21,6)22(24)12-11-19(3)17-23(26)27/h9,17,21-22H,4,7-8,10-16H2,1-3,5-6H3,(H,26,27). The highest BCUT2D eigenvalue weighted by molar-refractivity contribution is 5.80. The van der Waals surface area contributed by atoms with Crippen LogP contribution in [0.1, 0.15) is 92.4 Å². The Kier molecular flexibility index (Phi) is 7.16. The van der Waals surface area contributed by atoms with Gasteiger partial charge in [0.05, 0.1) is 0 Å². The molecule has 2 saturated carbocycles. The maximum absolute atomic E-state index is 11.0. The molecular formula is C25H40O2. The smallest absolute Gasteiger partial charge is 0.328 e.